The maximum atomic E-state index is 11.5. The second-order valence-electron chi connectivity index (χ2n) is 4.05. The largest absolute Gasteiger partial charge is 0.375 e. The van der Waals surface area contributed by atoms with Gasteiger partial charge in [-0.05, 0) is 18.8 Å². The molecule has 3 heteroatoms. The number of piperidine rings is 1. The van der Waals surface area contributed by atoms with Crippen molar-refractivity contribution in [3.63, 3.8) is 0 Å². The number of hydrogen-bond acceptors (Lipinski definition) is 2. The summed E-state index contributed by atoms with van der Waals surface area (Å²) in [5, 5.41) is 0. The van der Waals surface area contributed by atoms with E-state index in [2.05, 4.69) is 6.92 Å². The van der Waals surface area contributed by atoms with Gasteiger partial charge in [0.2, 0.25) is 5.91 Å². The summed E-state index contributed by atoms with van der Waals surface area (Å²) in [6, 6.07) is 0. The standard InChI is InChI=1S/C11H21NO2/c1-3-4-10-5-7-12(8-6-10)11(13)9-14-2/h10H,3-9H2,1-2H3. The highest BCUT2D eigenvalue weighted by Gasteiger charge is 2.21. The van der Waals surface area contributed by atoms with E-state index in [1.54, 1.807) is 7.11 Å². The summed E-state index contributed by atoms with van der Waals surface area (Å²) in [4.78, 5) is 13.4. The molecule has 0 N–H and O–H groups in total. The third-order valence-corrected chi connectivity index (χ3v) is 2.93. The van der Waals surface area contributed by atoms with Gasteiger partial charge in [0.1, 0.15) is 6.61 Å². The number of nitrogens with zero attached hydrogens (tertiary/aromatic N) is 1. The van der Waals surface area contributed by atoms with Crippen LogP contribution in [0.3, 0.4) is 0 Å². The first-order valence-electron chi connectivity index (χ1n) is 5.54. The van der Waals surface area contributed by atoms with Crippen LogP contribution in [0, 0.1) is 5.92 Å². The molecule has 1 fully saturated rings. The summed E-state index contributed by atoms with van der Waals surface area (Å²) in [6.45, 7) is 4.31. The molecule has 1 aliphatic heterocycles. The lowest BCUT2D eigenvalue weighted by Crippen LogP contribution is -2.40. The van der Waals surface area contributed by atoms with Crippen LogP contribution in [0.25, 0.3) is 0 Å². The summed E-state index contributed by atoms with van der Waals surface area (Å²) in [5.41, 5.74) is 0. The van der Waals surface area contributed by atoms with Gasteiger partial charge < -0.3 is 9.64 Å². The lowest BCUT2D eigenvalue weighted by atomic mass is 9.92. The predicted octanol–water partition coefficient (Wildman–Crippen LogP) is 1.67. The van der Waals surface area contributed by atoms with E-state index >= 15 is 0 Å². The summed E-state index contributed by atoms with van der Waals surface area (Å²) < 4.78 is 4.84. The van der Waals surface area contributed by atoms with Gasteiger partial charge in [0.25, 0.3) is 0 Å². The van der Waals surface area contributed by atoms with Gasteiger partial charge in [-0.15, -0.1) is 0 Å². The quantitative estimate of drug-likeness (QED) is 0.689. The van der Waals surface area contributed by atoms with E-state index in [0.29, 0.717) is 0 Å². The topological polar surface area (TPSA) is 29.5 Å². The van der Waals surface area contributed by atoms with Crippen molar-refractivity contribution in [2.75, 3.05) is 26.8 Å². The van der Waals surface area contributed by atoms with Gasteiger partial charge in [-0.3, -0.25) is 4.79 Å². The van der Waals surface area contributed by atoms with Crippen LogP contribution in [-0.2, 0) is 9.53 Å². The smallest absolute Gasteiger partial charge is 0.248 e. The van der Waals surface area contributed by atoms with Crippen LogP contribution >= 0.6 is 0 Å². The zero-order valence-corrected chi connectivity index (χ0v) is 9.29. The average molecular weight is 199 g/mol. The Hall–Kier alpha value is -0.570. The van der Waals surface area contributed by atoms with Crippen molar-refractivity contribution in [3.05, 3.63) is 0 Å². The first kappa shape index (κ1) is 11.5. The Kier molecular flexibility index (Phi) is 4.94. The number of ether oxygens (including phenoxy) is 1. The summed E-state index contributed by atoms with van der Waals surface area (Å²) in [7, 11) is 1.57. The maximum absolute atomic E-state index is 11.5. The summed E-state index contributed by atoms with van der Waals surface area (Å²) >= 11 is 0. The lowest BCUT2D eigenvalue weighted by molar-refractivity contribution is -0.136. The van der Waals surface area contributed by atoms with Gasteiger partial charge in [-0.25, -0.2) is 0 Å². The van der Waals surface area contributed by atoms with Crippen molar-refractivity contribution in [2.24, 2.45) is 5.92 Å². The number of carbonyl (C=O) groups excluding carboxylic acids is 1. The van der Waals surface area contributed by atoms with E-state index in [9.17, 15) is 4.79 Å². The number of rotatable bonds is 4. The van der Waals surface area contributed by atoms with E-state index < -0.39 is 0 Å². The van der Waals surface area contributed by atoms with Crippen molar-refractivity contribution in [1.82, 2.24) is 4.90 Å². The molecule has 1 rings (SSSR count). The molecule has 0 unspecified atom stereocenters. The van der Waals surface area contributed by atoms with Crippen molar-refractivity contribution in [1.29, 1.82) is 0 Å². The molecule has 3 nitrogen and oxygen atoms in total. The zero-order chi connectivity index (χ0) is 10.4. The Morgan fingerprint density at radius 2 is 2.07 bits per heavy atom. The highest BCUT2D eigenvalue weighted by molar-refractivity contribution is 5.77. The van der Waals surface area contributed by atoms with Gasteiger partial charge in [-0.2, -0.15) is 0 Å². The molecule has 0 aromatic heterocycles. The molecule has 1 aliphatic rings. The highest BCUT2D eigenvalue weighted by atomic mass is 16.5. The Morgan fingerprint density at radius 1 is 1.43 bits per heavy atom. The average Bonchev–Trinajstić information content (AvgIpc) is 2.20. The van der Waals surface area contributed by atoms with Crippen LogP contribution in [0.1, 0.15) is 32.6 Å². The number of amides is 1. The third kappa shape index (κ3) is 3.29. The first-order valence-corrected chi connectivity index (χ1v) is 5.54. The number of hydrogen-bond donors (Lipinski definition) is 0. The van der Waals surface area contributed by atoms with Crippen LogP contribution in [-0.4, -0.2) is 37.6 Å². The molecule has 82 valence electrons. The monoisotopic (exact) mass is 199 g/mol. The zero-order valence-electron chi connectivity index (χ0n) is 9.29. The molecule has 0 aromatic carbocycles. The van der Waals surface area contributed by atoms with E-state index in [4.69, 9.17) is 4.74 Å². The van der Waals surface area contributed by atoms with Crippen molar-refractivity contribution < 1.29 is 9.53 Å². The molecule has 0 aromatic rings. The summed E-state index contributed by atoms with van der Waals surface area (Å²) in [5.74, 6) is 0.981. The molecular weight excluding hydrogens is 178 g/mol. The fraction of sp³-hybridized carbons (Fsp3) is 0.909. The molecule has 1 saturated heterocycles. The highest BCUT2D eigenvalue weighted by Crippen LogP contribution is 2.21. The van der Waals surface area contributed by atoms with Crippen LogP contribution in [0.5, 0.6) is 0 Å². The third-order valence-electron chi connectivity index (χ3n) is 2.93. The number of likely N-dealkylation sites (tertiary alicyclic amines) is 1. The van der Waals surface area contributed by atoms with E-state index in [0.717, 1.165) is 19.0 Å². The van der Waals surface area contributed by atoms with Gasteiger partial charge in [-0.1, -0.05) is 19.8 Å². The Balaban J connectivity index is 2.24. The van der Waals surface area contributed by atoms with Gasteiger partial charge in [0.05, 0.1) is 0 Å². The van der Waals surface area contributed by atoms with E-state index in [-0.39, 0.29) is 12.5 Å². The SMILES string of the molecule is CCCC1CCN(C(=O)COC)CC1. The number of methoxy groups -OCH3 is 1. The van der Waals surface area contributed by atoms with Crippen LogP contribution < -0.4 is 0 Å². The molecule has 0 saturated carbocycles. The molecule has 0 aliphatic carbocycles. The van der Waals surface area contributed by atoms with Crippen LogP contribution in [0.15, 0.2) is 0 Å². The number of carbonyl (C=O) groups is 1. The molecule has 0 spiro atoms. The molecule has 1 heterocycles. The van der Waals surface area contributed by atoms with Crippen molar-refractivity contribution >= 4 is 5.91 Å². The summed E-state index contributed by atoms with van der Waals surface area (Å²) in [6.07, 6.45) is 4.91. The molecule has 0 bridgehead atoms. The van der Waals surface area contributed by atoms with Gasteiger partial charge >= 0.3 is 0 Å². The predicted molar refractivity (Wildman–Crippen MR) is 56.1 cm³/mol. The lowest BCUT2D eigenvalue weighted by Gasteiger charge is -2.31. The van der Waals surface area contributed by atoms with Gasteiger partial charge in [0, 0.05) is 20.2 Å². The molecule has 0 radical (unpaired) electrons. The Morgan fingerprint density at radius 3 is 2.57 bits per heavy atom. The molecular formula is C11H21NO2. The van der Waals surface area contributed by atoms with E-state index in [1.165, 1.54) is 25.7 Å². The minimum atomic E-state index is 0.141. The normalized spacial score (nSPS) is 18.6. The second-order valence-corrected chi connectivity index (χ2v) is 4.05. The Bertz CT molecular complexity index is 174. The van der Waals surface area contributed by atoms with E-state index in [1.807, 2.05) is 4.90 Å². The minimum absolute atomic E-state index is 0.141. The van der Waals surface area contributed by atoms with Crippen molar-refractivity contribution in [2.45, 2.75) is 32.6 Å². The maximum Gasteiger partial charge on any atom is 0.248 e. The first-order chi connectivity index (χ1) is 6.77. The van der Waals surface area contributed by atoms with Crippen LogP contribution in [0.4, 0.5) is 0 Å². The molecule has 0 atom stereocenters. The molecule has 1 amide bonds. The second kappa shape index (κ2) is 6.02. The van der Waals surface area contributed by atoms with Crippen molar-refractivity contribution in [3.8, 4) is 0 Å². The molecule has 14 heavy (non-hydrogen) atoms. The Labute approximate surface area is 86.4 Å². The fourth-order valence-corrected chi connectivity index (χ4v) is 2.09. The minimum Gasteiger partial charge on any atom is -0.375 e. The fourth-order valence-electron chi connectivity index (χ4n) is 2.09. The van der Waals surface area contributed by atoms with Crippen LogP contribution in [0.2, 0.25) is 0 Å². The van der Waals surface area contributed by atoms with Gasteiger partial charge in [0.15, 0.2) is 0 Å².